The molecule has 0 saturated carbocycles. The van der Waals surface area contributed by atoms with E-state index in [2.05, 4.69) is 23.5 Å². The molecule has 1 saturated heterocycles. The summed E-state index contributed by atoms with van der Waals surface area (Å²) in [6, 6.07) is 14.0. The molecule has 0 aromatic heterocycles. The van der Waals surface area contributed by atoms with E-state index in [9.17, 15) is 9.59 Å². The topological polar surface area (TPSA) is 72.9 Å². The third kappa shape index (κ3) is 3.87. The van der Waals surface area contributed by atoms with E-state index >= 15 is 0 Å². The quantitative estimate of drug-likeness (QED) is 0.838. The van der Waals surface area contributed by atoms with Crippen molar-refractivity contribution in [2.75, 3.05) is 36.0 Å². The van der Waals surface area contributed by atoms with Crippen molar-refractivity contribution in [2.45, 2.75) is 25.7 Å². The van der Waals surface area contributed by atoms with Gasteiger partial charge in [-0.2, -0.15) is 0 Å². The number of rotatable bonds is 5. The van der Waals surface area contributed by atoms with Gasteiger partial charge in [0.1, 0.15) is 0 Å². The van der Waals surface area contributed by atoms with Crippen molar-refractivity contribution in [3.8, 4) is 0 Å². The minimum absolute atomic E-state index is 0.00928. The lowest BCUT2D eigenvalue weighted by Gasteiger charge is -2.20. The van der Waals surface area contributed by atoms with Crippen LogP contribution in [0.1, 0.15) is 23.1 Å². The molecule has 0 unspecified atom stereocenters. The fourth-order valence-electron chi connectivity index (χ4n) is 3.94. The van der Waals surface area contributed by atoms with Gasteiger partial charge < -0.3 is 10.4 Å². The average Bonchev–Trinajstić information content (AvgIpc) is 2.93. The van der Waals surface area contributed by atoms with Gasteiger partial charge in [0, 0.05) is 30.9 Å². The van der Waals surface area contributed by atoms with Gasteiger partial charge in [-0.15, -0.1) is 0 Å². The van der Waals surface area contributed by atoms with Crippen molar-refractivity contribution < 1.29 is 14.7 Å². The number of aliphatic carboxylic acids is 1. The van der Waals surface area contributed by atoms with Gasteiger partial charge in [-0.3, -0.25) is 14.6 Å². The van der Waals surface area contributed by atoms with Crippen LogP contribution in [0.3, 0.4) is 0 Å². The highest BCUT2D eigenvalue weighted by Crippen LogP contribution is 2.28. The van der Waals surface area contributed by atoms with E-state index in [1.165, 1.54) is 11.1 Å². The second-order valence-electron chi connectivity index (χ2n) is 7.35. The summed E-state index contributed by atoms with van der Waals surface area (Å²) in [6.45, 7) is 3.29. The van der Waals surface area contributed by atoms with Gasteiger partial charge in [-0.1, -0.05) is 18.2 Å². The summed E-state index contributed by atoms with van der Waals surface area (Å²) in [6.07, 6.45) is 2.64. The Morgan fingerprint density at radius 2 is 1.57 bits per heavy atom. The zero-order valence-corrected chi connectivity index (χ0v) is 15.9. The molecule has 2 aliphatic rings. The highest BCUT2D eigenvalue weighted by molar-refractivity contribution is 6.06. The fourth-order valence-corrected chi connectivity index (χ4v) is 3.94. The van der Waals surface area contributed by atoms with Crippen molar-refractivity contribution in [1.29, 1.82) is 0 Å². The first-order valence-corrected chi connectivity index (χ1v) is 9.84. The number of urea groups is 1. The number of hydrogen-bond acceptors (Lipinski definition) is 3. The number of carboxylic acid groups (broad SMARTS) is 1. The molecule has 2 aromatic rings. The lowest BCUT2D eigenvalue weighted by atomic mass is 10.0. The number of anilines is 2. The van der Waals surface area contributed by atoms with Gasteiger partial charge in [0.2, 0.25) is 0 Å². The van der Waals surface area contributed by atoms with Gasteiger partial charge in [-0.25, -0.2) is 4.79 Å². The SMILES string of the molecule is O=C(O)CCc1ccc(N2CCN(c3ccc4c(c3)CCNCC4)C2=O)cc1. The molecule has 2 amide bonds. The van der Waals surface area contributed by atoms with Crippen LogP contribution in [0.5, 0.6) is 0 Å². The summed E-state index contributed by atoms with van der Waals surface area (Å²) in [7, 11) is 0. The van der Waals surface area contributed by atoms with Crippen LogP contribution in [0.25, 0.3) is 0 Å². The Labute approximate surface area is 164 Å². The van der Waals surface area contributed by atoms with Gasteiger partial charge in [0.15, 0.2) is 0 Å². The zero-order valence-electron chi connectivity index (χ0n) is 15.9. The lowest BCUT2D eigenvalue weighted by molar-refractivity contribution is -0.136. The van der Waals surface area contributed by atoms with E-state index in [0.717, 1.165) is 42.9 Å². The van der Waals surface area contributed by atoms with Crippen molar-refractivity contribution in [3.05, 3.63) is 59.2 Å². The number of benzene rings is 2. The molecule has 146 valence electrons. The molecule has 0 spiro atoms. The summed E-state index contributed by atoms with van der Waals surface area (Å²) in [5, 5.41) is 12.2. The summed E-state index contributed by atoms with van der Waals surface area (Å²) in [4.78, 5) is 27.3. The number of nitrogens with zero attached hydrogens (tertiary/aromatic N) is 2. The van der Waals surface area contributed by atoms with E-state index in [1.807, 2.05) is 29.2 Å². The summed E-state index contributed by atoms with van der Waals surface area (Å²) >= 11 is 0. The normalized spacial score (nSPS) is 16.8. The molecule has 0 radical (unpaired) electrons. The maximum Gasteiger partial charge on any atom is 0.329 e. The third-order valence-electron chi connectivity index (χ3n) is 5.53. The predicted octanol–water partition coefficient (Wildman–Crippen LogP) is 2.84. The number of aryl methyl sites for hydroxylation is 1. The van der Waals surface area contributed by atoms with Crippen LogP contribution in [-0.4, -0.2) is 43.3 Å². The van der Waals surface area contributed by atoms with Crippen molar-refractivity contribution >= 4 is 23.4 Å². The summed E-state index contributed by atoms with van der Waals surface area (Å²) in [5.41, 5.74) is 5.48. The Morgan fingerprint density at radius 1 is 0.929 bits per heavy atom. The molecule has 6 nitrogen and oxygen atoms in total. The average molecular weight is 379 g/mol. The highest BCUT2D eigenvalue weighted by Gasteiger charge is 2.31. The highest BCUT2D eigenvalue weighted by atomic mass is 16.4. The van der Waals surface area contributed by atoms with Crippen LogP contribution >= 0.6 is 0 Å². The molecule has 28 heavy (non-hydrogen) atoms. The van der Waals surface area contributed by atoms with Crippen LogP contribution in [0.4, 0.5) is 16.2 Å². The second-order valence-corrected chi connectivity index (χ2v) is 7.35. The molecule has 0 bridgehead atoms. The first-order chi connectivity index (χ1) is 13.6. The smallest absolute Gasteiger partial charge is 0.329 e. The van der Waals surface area contributed by atoms with Crippen LogP contribution < -0.4 is 15.1 Å². The summed E-state index contributed by atoms with van der Waals surface area (Å²) < 4.78 is 0. The number of amides is 2. The number of hydrogen-bond donors (Lipinski definition) is 2. The van der Waals surface area contributed by atoms with E-state index in [4.69, 9.17) is 5.11 Å². The predicted molar refractivity (Wildman–Crippen MR) is 109 cm³/mol. The zero-order chi connectivity index (χ0) is 19.5. The monoisotopic (exact) mass is 379 g/mol. The van der Waals surface area contributed by atoms with E-state index in [-0.39, 0.29) is 12.5 Å². The van der Waals surface area contributed by atoms with E-state index in [0.29, 0.717) is 19.5 Å². The molecule has 0 aliphatic carbocycles. The largest absolute Gasteiger partial charge is 0.481 e. The molecule has 6 heteroatoms. The third-order valence-corrected chi connectivity index (χ3v) is 5.53. The van der Waals surface area contributed by atoms with E-state index < -0.39 is 5.97 Å². The number of carboxylic acids is 1. The molecular weight excluding hydrogens is 354 g/mol. The van der Waals surface area contributed by atoms with Gasteiger partial charge in [0.25, 0.3) is 0 Å². The van der Waals surface area contributed by atoms with Crippen LogP contribution in [0.15, 0.2) is 42.5 Å². The molecule has 2 N–H and O–H groups in total. The molecule has 2 aromatic carbocycles. The number of carbonyl (C=O) groups excluding carboxylic acids is 1. The van der Waals surface area contributed by atoms with Crippen molar-refractivity contribution in [2.24, 2.45) is 0 Å². The minimum Gasteiger partial charge on any atom is -0.481 e. The number of carbonyl (C=O) groups is 2. The van der Waals surface area contributed by atoms with E-state index in [1.54, 1.807) is 4.90 Å². The lowest BCUT2D eigenvalue weighted by Crippen LogP contribution is -2.31. The molecule has 2 aliphatic heterocycles. The first-order valence-electron chi connectivity index (χ1n) is 9.84. The molecule has 1 fully saturated rings. The van der Waals surface area contributed by atoms with Crippen LogP contribution in [0, 0.1) is 0 Å². The van der Waals surface area contributed by atoms with Crippen LogP contribution in [0.2, 0.25) is 0 Å². The van der Waals surface area contributed by atoms with Crippen molar-refractivity contribution in [1.82, 2.24) is 5.32 Å². The number of nitrogens with one attached hydrogen (secondary N) is 1. The Kier molecular flexibility index (Phi) is 5.30. The van der Waals surface area contributed by atoms with Crippen molar-refractivity contribution in [3.63, 3.8) is 0 Å². The standard InChI is InChI=1S/C22H25N3O3/c26-21(27)8-3-16-1-5-19(6-2-16)24-13-14-25(22(24)28)20-7-4-17-9-11-23-12-10-18(17)15-20/h1-2,4-7,15,23H,3,8-14H2,(H,26,27). The van der Waals surface area contributed by atoms with Gasteiger partial charge in [-0.05, 0) is 73.3 Å². The Hall–Kier alpha value is -2.86. The molecule has 2 heterocycles. The first kappa shape index (κ1) is 18.5. The number of fused-ring (bicyclic) bond motifs is 1. The maximum absolute atomic E-state index is 13.0. The van der Waals surface area contributed by atoms with Crippen LogP contribution in [-0.2, 0) is 24.1 Å². The summed E-state index contributed by atoms with van der Waals surface area (Å²) in [5.74, 6) is -0.800. The van der Waals surface area contributed by atoms with Gasteiger partial charge in [0.05, 0.1) is 0 Å². The Morgan fingerprint density at radius 3 is 2.29 bits per heavy atom. The Bertz CT molecular complexity index is 879. The second kappa shape index (κ2) is 8.02. The molecule has 4 rings (SSSR count). The molecule has 0 atom stereocenters. The maximum atomic E-state index is 13.0. The fraction of sp³-hybridized carbons (Fsp3) is 0.364. The molecular formula is C22H25N3O3. The Balaban J connectivity index is 1.48. The van der Waals surface area contributed by atoms with Gasteiger partial charge >= 0.3 is 12.0 Å². The minimum atomic E-state index is -0.800.